The number of likely N-dealkylation sites (tertiary alicyclic amines) is 1. The molecule has 0 saturated carbocycles. The molecule has 1 spiro atoms. The molecule has 2 saturated heterocycles. The van der Waals surface area contributed by atoms with Gasteiger partial charge in [0, 0.05) is 0 Å². The van der Waals surface area contributed by atoms with Crippen molar-refractivity contribution in [2.24, 2.45) is 11.8 Å². The van der Waals surface area contributed by atoms with Gasteiger partial charge in [-0.1, -0.05) is 25.5 Å². The van der Waals surface area contributed by atoms with E-state index in [2.05, 4.69) is 0 Å². The summed E-state index contributed by atoms with van der Waals surface area (Å²) in [5.41, 5.74) is -0.692. The maximum absolute atomic E-state index is 12.9. The monoisotopic (exact) mass is 331 g/mol. The average Bonchev–Trinajstić information content (AvgIpc) is 3.31. The second kappa shape index (κ2) is 5.77. The van der Waals surface area contributed by atoms with Gasteiger partial charge in [0.05, 0.1) is 38.0 Å². The quantitative estimate of drug-likeness (QED) is 0.452. The maximum Gasteiger partial charge on any atom is 0.312 e. The van der Waals surface area contributed by atoms with E-state index < -0.39 is 17.4 Å². The summed E-state index contributed by atoms with van der Waals surface area (Å²) >= 11 is 0. The first-order valence-corrected chi connectivity index (χ1v) is 8.49. The van der Waals surface area contributed by atoms with Crippen LogP contribution in [-0.2, 0) is 25.6 Å². The molecule has 3 aliphatic heterocycles. The molecule has 3 aliphatic rings. The first-order valence-electron chi connectivity index (χ1n) is 8.49. The van der Waals surface area contributed by atoms with Gasteiger partial charge in [-0.2, -0.15) is 0 Å². The highest BCUT2D eigenvalue weighted by atomic mass is 16.6. The van der Waals surface area contributed by atoms with E-state index in [4.69, 9.17) is 13.9 Å². The number of furan rings is 1. The van der Waals surface area contributed by atoms with E-state index >= 15 is 0 Å². The van der Waals surface area contributed by atoms with Crippen molar-refractivity contribution in [1.29, 1.82) is 0 Å². The Morgan fingerprint density at radius 3 is 3.12 bits per heavy atom. The summed E-state index contributed by atoms with van der Waals surface area (Å²) < 4.78 is 16.7. The van der Waals surface area contributed by atoms with Crippen LogP contribution in [0.1, 0.15) is 25.5 Å². The number of fused-ring (bicyclic) bond motifs is 1. The number of unbranched alkanes of at least 4 members (excludes halogenated alkanes) is 1. The first-order chi connectivity index (χ1) is 11.6. The molecule has 0 aliphatic carbocycles. The fraction of sp³-hybridized carbons (Fsp3) is 0.556. The number of carbonyl (C=O) groups excluding carboxylic acids is 2. The Kier molecular flexibility index (Phi) is 3.72. The minimum absolute atomic E-state index is 0.0595. The Labute approximate surface area is 140 Å². The summed E-state index contributed by atoms with van der Waals surface area (Å²) in [6.45, 7) is 3.28. The van der Waals surface area contributed by atoms with Crippen LogP contribution in [0, 0.1) is 11.8 Å². The number of rotatable bonds is 6. The molecule has 24 heavy (non-hydrogen) atoms. The molecule has 0 N–H and O–H groups in total. The molecule has 4 heterocycles. The van der Waals surface area contributed by atoms with Crippen LogP contribution in [-0.4, -0.2) is 41.6 Å². The van der Waals surface area contributed by atoms with Crippen LogP contribution in [0.5, 0.6) is 0 Å². The lowest BCUT2D eigenvalue weighted by molar-refractivity contribution is -0.154. The fourth-order valence-electron chi connectivity index (χ4n) is 3.99. The van der Waals surface area contributed by atoms with Gasteiger partial charge >= 0.3 is 5.97 Å². The van der Waals surface area contributed by atoms with Crippen LogP contribution in [0.4, 0.5) is 0 Å². The molecule has 1 amide bonds. The SMILES string of the molecule is CCCCOC(=O)[C@H]1[C@@H]2C=C[C@]3(CN(Cc4ccco4)C(=O)[C@H]13)O2. The Bertz CT molecular complexity index is 667. The normalized spacial score (nSPS) is 33.3. The molecule has 6 heteroatoms. The van der Waals surface area contributed by atoms with Gasteiger partial charge in [0.1, 0.15) is 17.3 Å². The van der Waals surface area contributed by atoms with Crippen molar-refractivity contribution in [1.82, 2.24) is 4.90 Å². The van der Waals surface area contributed by atoms with Gasteiger partial charge in [-0.05, 0) is 18.6 Å². The van der Waals surface area contributed by atoms with E-state index in [9.17, 15) is 9.59 Å². The zero-order valence-electron chi connectivity index (χ0n) is 13.6. The molecule has 6 nitrogen and oxygen atoms in total. The van der Waals surface area contributed by atoms with Gasteiger partial charge in [-0.15, -0.1) is 0 Å². The topological polar surface area (TPSA) is 69.0 Å². The Morgan fingerprint density at radius 1 is 1.50 bits per heavy atom. The summed E-state index contributed by atoms with van der Waals surface area (Å²) in [4.78, 5) is 27.1. The molecule has 4 rings (SSSR count). The lowest BCUT2D eigenvalue weighted by Crippen LogP contribution is -2.40. The summed E-state index contributed by atoms with van der Waals surface area (Å²) in [7, 11) is 0. The average molecular weight is 331 g/mol. The fourth-order valence-corrected chi connectivity index (χ4v) is 3.99. The molecule has 4 atom stereocenters. The zero-order valence-corrected chi connectivity index (χ0v) is 13.6. The van der Waals surface area contributed by atoms with E-state index in [0.717, 1.165) is 18.6 Å². The van der Waals surface area contributed by atoms with E-state index in [1.165, 1.54) is 0 Å². The Morgan fingerprint density at radius 2 is 2.38 bits per heavy atom. The number of amides is 1. The molecule has 0 radical (unpaired) electrons. The third-order valence-corrected chi connectivity index (χ3v) is 5.12. The van der Waals surface area contributed by atoms with Crippen molar-refractivity contribution in [3.8, 4) is 0 Å². The molecular formula is C18H21NO5. The zero-order chi connectivity index (χ0) is 16.7. The molecule has 0 unspecified atom stereocenters. The molecule has 0 aromatic carbocycles. The first kappa shape index (κ1) is 15.4. The molecule has 1 aromatic rings. The van der Waals surface area contributed by atoms with Crippen molar-refractivity contribution in [2.75, 3.05) is 13.2 Å². The van der Waals surface area contributed by atoms with Crippen molar-refractivity contribution in [3.63, 3.8) is 0 Å². The van der Waals surface area contributed by atoms with Crippen LogP contribution < -0.4 is 0 Å². The van der Waals surface area contributed by atoms with Gasteiger partial charge in [0.15, 0.2) is 0 Å². The molecule has 1 aromatic heterocycles. The van der Waals surface area contributed by atoms with Crippen LogP contribution >= 0.6 is 0 Å². The molecule has 128 valence electrons. The van der Waals surface area contributed by atoms with Crippen molar-refractivity contribution in [3.05, 3.63) is 36.3 Å². The number of hydrogen-bond donors (Lipinski definition) is 0. The standard InChI is InChI=1S/C18H21NO5/c1-2-3-8-23-17(21)14-13-6-7-18(24-13)11-19(16(20)15(14)18)10-12-5-4-9-22-12/h4-7,9,13-15H,2-3,8,10-11H2,1H3/t13-,14-,15-,18+/m0/s1. The summed E-state index contributed by atoms with van der Waals surface area (Å²) in [6.07, 6.45) is 6.86. The predicted octanol–water partition coefficient (Wildman–Crippen LogP) is 1.90. The number of esters is 1. The third kappa shape index (κ3) is 2.28. The van der Waals surface area contributed by atoms with Crippen LogP contribution in [0.2, 0.25) is 0 Å². The highest BCUT2D eigenvalue weighted by molar-refractivity contribution is 5.91. The van der Waals surface area contributed by atoms with Gasteiger partial charge in [-0.25, -0.2) is 0 Å². The summed E-state index contributed by atoms with van der Waals surface area (Å²) in [5, 5.41) is 0. The molecule has 2 bridgehead atoms. The van der Waals surface area contributed by atoms with Crippen LogP contribution in [0.3, 0.4) is 0 Å². The van der Waals surface area contributed by atoms with E-state index in [1.807, 2.05) is 25.1 Å². The molecule has 2 fully saturated rings. The highest BCUT2D eigenvalue weighted by Crippen LogP contribution is 2.52. The van der Waals surface area contributed by atoms with Gasteiger partial charge < -0.3 is 18.8 Å². The number of nitrogens with zero attached hydrogens (tertiary/aromatic N) is 1. The predicted molar refractivity (Wildman–Crippen MR) is 83.7 cm³/mol. The molecular weight excluding hydrogens is 310 g/mol. The van der Waals surface area contributed by atoms with Crippen molar-refractivity contribution >= 4 is 11.9 Å². The second-order valence-corrected chi connectivity index (χ2v) is 6.69. The van der Waals surface area contributed by atoms with Gasteiger partial charge in [0.25, 0.3) is 0 Å². The van der Waals surface area contributed by atoms with Gasteiger partial charge in [0.2, 0.25) is 5.91 Å². The second-order valence-electron chi connectivity index (χ2n) is 6.69. The maximum atomic E-state index is 12.9. The number of carbonyl (C=O) groups is 2. The minimum atomic E-state index is -0.692. The van der Waals surface area contributed by atoms with E-state index in [1.54, 1.807) is 17.2 Å². The Hall–Kier alpha value is -2.08. The van der Waals surface area contributed by atoms with E-state index in [0.29, 0.717) is 19.7 Å². The Balaban J connectivity index is 1.52. The number of hydrogen-bond acceptors (Lipinski definition) is 5. The highest BCUT2D eigenvalue weighted by Gasteiger charge is 2.67. The van der Waals surface area contributed by atoms with Crippen molar-refractivity contribution in [2.45, 2.75) is 38.0 Å². The smallest absolute Gasteiger partial charge is 0.312 e. The van der Waals surface area contributed by atoms with E-state index in [-0.39, 0.29) is 18.0 Å². The minimum Gasteiger partial charge on any atom is -0.467 e. The summed E-state index contributed by atoms with van der Waals surface area (Å²) in [6, 6.07) is 3.63. The lowest BCUT2D eigenvalue weighted by atomic mass is 9.77. The van der Waals surface area contributed by atoms with Gasteiger partial charge in [-0.3, -0.25) is 9.59 Å². The largest absolute Gasteiger partial charge is 0.467 e. The third-order valence-electron chi connectivity index (χ3n) is 5.12. The lowest BCUT2D eigenvalue weighted by Gasteiger charge is -2.22. The van der Waals surface area contributed by atoms with Crippen LogP contribution in [0.25, 0.3) is 0 Å². The van der Waals surface area contributed by atoms with Crippen LogP contribution in [0.15, 0.2) is 35.0 Å². The summed E-state index contributed by atoms with van der Waals surface area (Å²) in [5.74, 6) is -0.688. The number of ether oxygens (including phenoxy) is 2. The van der Waals surface area contributed by atoms with Crippen molar-refractivity contribution < 1.29 is 23.5 Å².